The van der Waals surface area contributed by atoms with Crippen LogP contribution in [0, 0.1) is 4.64 Å². The van der Waals surface area contributed by atoms with E-state index < -0.39 is 0 Å². The Morgan fingerprint density at radius 1 is 1.12 bits per heavy atom. The van der Waals surface area contributed by atoms with Gasteiger partial charge in [-0.05, 0) is 0 Å². The summed E-state index contributed by atoms with van der Waals surface area (Å²) in [6.45, 7) is 0. The Hall–Kier alpha value is -2.01. The SMILES string of the molecule is S=c1nc[nH]c2nc(-c3ccccc3)[nH]c12. The van der Waals surface area contributed by atoms with Crippen LogP contribution in [0.3, 0.4) is 0 Å². The van der Waals surface area contributed by atoms with E-state index in [4.69, 9.17) is 12.2 Å². The second kappa shape index (κ2) is 3.53. The summed E-state index contributed by atoms with van der Waals surface area (Å²) in [5.74, 6) is 0.797. The molecule has 0 aliphatic carbocycles. The van der Waals surface area contributed by atoms with E-state index in [1.807, 2.05) is 30.3 Å². The summed E-state index contributed by atoms with van der Waals surface area (Å²) >= 11 is 5.11. The molecule has 2 N–H and O–H groups in total. The average Bonchev–Trinajstić information content (AvgIpc) is 2.76. The highest BCUT2D eigenvalue weighted by Gasteiger charge is 2.05. The van der Waals surface area contributed by atoms with Crippen LogP contribution in [-0.4, -0.2) is 19.9 Å². The molecule has 1 aromatic carbocycles. The van der Waals surface area contributed by atoms with Gasteiger partial charge in [0.15, 0.2) is 10.3 Å². The van der Waals surface area contributed by atoms with E-state index in [0.717, 1.165) is 22.6 Å². The van der Waals surface area contributed by atoms with Crippen molar-refractivity contribution >= 4 is 23.4 Å². The highest BCUT2D eigenvalue weighted by Crippen LogP contribution is 2.18. The zero-order chi connectivity index (χ0) is 11.0. The fourth-order valence-electron chi connectivity index (χ4n) is 1.58. The predicted octanol–water partition coefficient (Wildman–Crippen LogP) is 2.68. The van der Waals surface area contributed by atoms with Crippen LogP contribution >= 0.6 is 12.2 Å². The molecule has 0 radical (unpaired) electrons. The summed E-state index contributed by atoms with van der Waals surface area (Å²) in [7, 11) is 0. The van der Waals surface area contributed by atoms with E-state index in [-0.39, 0.29) is 0 Å². The number of imidazole rings is 1. The van der Waals surface area contributed by atoms with Gasteiger partial charge in [0, 0.05) is 5.56 Å². The number of fused-ring (bicyclic) bond motifs is 1. The standard InChI is InChI=1S/C11H8N4S/c16-11-8-10(12-6-13-11)15-9(14-8)7-4-2-1-3-5-7/h1-6H,(H2,12,13,14,15,16). The molecule has 0 saturated heterocycles. The van der Waals surface area contributed by atoms with Gasteiger partial charge in [0.1, 0.15) is 11.3 Å². The third kappa shape index (κ3) is 1.42. The Kier molecular flexibility index (Phi) is 2.04. The number of aromatic amines is 2. The lowest BCUT2D eigenvalue weighted by Gasteiger charge is -1.92. The summed E-state index contributed by atoms with van der Waals surface area (Å²) in [5, 5.41) is 0. The molecule has 78 valence electrons. The molecule has 3 rings (SSSR count). The molecule has 0 aliphatic rings. The van der Waals surface area contributed by atoms with Crippen LogP contribution in [0.25, 0.3) is 22.6 Å². The molecule has 0 aliphatic heterocycles. The minimum absolute atomic E-state index is 0.531. The van der Waals surface area contributed by atoms with Gasteiger partial charge in [-0.25, -0.2) is 9.97 Å². The number of hydrogen-bond donors (Lipinski definition) is 2. The third-order valence-electron chi connectivity index (χ3n) is 2.35. The molecule has 3 aromatic rings. The van der Waals surface area contributed by atoms with E-state index in [1.165, 1.54) is 0 Å². The maximum Gasteiger partial charge on any atom is 0.160 e. The van der Waals surface area contributed by atoms with E-state index >= 15 is 0 Å². The molecule has 16 heavy (non-hydrogen) atoms. The Labute approximate surface area is 96.4 Å². The normalized spacial score (nSPS) is 10.8. The molecular weight excluding hydrogens is 220 g/mol. The molecular formula is C11H8N4S. The fourth-order valence-corrected chi connectivity index (χ4v) is 1.78. The summed E-state index contributed by atoms with van der Waals surface area (Å²) < 4.78 is 0.531. The van der Waals surface area contributed by atoms with Crippen LogP contribution in [0.1, 0.15) is 0 Å². The smallest absolute Gasteiger partial charge is 0.160 e. The molecule has 0 unspecified atom stereocenters. The molecule has 2 heterocycles. The molecule has 2 aromatic heterocycles. The quantitative estimate of drug-likeness (QED) is 0.629. The number of H-pyrrole nitrogens is 2. The van der Waals surface area contributed by atoms with E-state index in [9.17, 15) is 0 Å². The number of benzene rings is 1. The first-order valence-electron chi connectivity index (χ1n) is 4.83. The largest absolute Gasteiger partial charge is 0.334 e. The van der Waals surface area contributed by atoms with E-state index in [0.29, 0.717) is 4.64 Å². The van der Waals surface area contributed by atoms with Gasteiger partial charge < -0.3 is 9.97 Å². The van der Waals surface area contributed by atoms with Crippen molar-refractivity contribution in [3.63, 3.8) is 0 Å². The number of nitrogens with zero attached hydrogens (tertiary/aromatic N) is 2. The van der Waals surface area contributed by atoms with Crippen LogP contribution < -0.4 is 0 Å². The van der Waals surface area contributed by atoms with Crippen LogP contribution in [0.5, 0.6) is 0 Å². The summed E-state index contributed by atoms with van der Waals surface area (Å²) in [6, 6.07) is 9.90. The highest BCUT2D eigenvalue weighted by atomic mass is 32.1. The average molecular weight is 228 g/mol. The first-order valence-corrected chi connectivity index (χ1v) is 5.24. The van der Waals surface area contributed by atoms with Crippen LogP contribution in [0.2, 0.25) is 0 Å². The van der Waals surface area contributed by atoms with Crippen LogP contribution in [0.4, 0.5) is 0 Å². The topological polar surface area (TPSA) is 57.4 Å². The molecule has 0 atom stereocenters. The molecule has 0 bridgehead atoms. The van der Waals surface area contributed by atoms with E-state index in [1.54, 1.807) is 6.33 Å². The molecule has 0 amide bonds. The lowest BCUT2D eigenvalue weighted by molar-refractivity contribution is 1.19. The lowest BCUT2D eigenvalue weighted by Crippen LogP contribution is -1.80. The maximum atomic E-state index is 5.11. The number of rotatable bonds is 1. The summed E-state index contributed by atoms with van der Waals surface area (Å²) in [6.07, 6.45) is 1.56. The van der Waals surface area contributed by atoms with Crippen LogP contribution in [-0.2, 0) is 0 Å². The molecule has 4 nitrogen and oxygen atoms in total. The van der Waals surface area contributed by atoms with Crippen molar-refractivity contribution in [1.82, 2.24) is 19.9 Å². The third-order valence-corrected chi connectivity index (χ3v) is 2.66. The number of aromatic nitrogens is 4. The van der Waals surface area contributed by atoms with Gasteiger partial charge in [-0.1, -0.05) is 42.5 Å². The molecule has 0 spiro atoms. The van der Waals surface area contributed by atoms with Crippen molar-refractivity contribution in [3.8, 4) is 11.4 Å². The van der Waals surface area contributed by atoms with Crippen molar-refractivity contribution in [2.75, 3.05) is 0 Å². The van der Waals surface area contributed by atoms with Crippen molar-refractivity contribution in [1.29, 1.82) is 0 Å². The Morgan fingerprint density at radius 3 is 2.69 bits per heavy atom. The minimum atomic E-state index is 0.531. The van der Waals surface area contributed by atoms with Crippen molar-refractivity contribution in [3.05, 3.63) is 41.3 Å². The van der Waals surface area contributed by atoms with Gasteiger partial charge in [-0.15, -0.1) is 0 Å². The van der Waals surface area contributed by atoms with Gasteiger partial charge >= 0.3 is 0 Å². The number of hydrogen-bond acceptors (Lipinski definition) is 3. The van der Waals surface area contributed by atoms with Gasteiger partial charge in [-0.3, -0.25) is 0 Å². The molecule has 5 heteroatoms. The Morgan fingerprint density at radius 2 is 1.94 bits per heavy atom. The molecule has 0 saturated carbocycles. The van der Waals surface area contributed by atoms with Crippen LogP contribution in [0.15, 0.2) is 36.7 Å². The second-order valence-corrected chi connectivity index (χ2v) is 3.77. The first-order chi connectivity index (χ1) is 7.84. The maximum absolute atomic E-state index is 5.11. The van der Waals surface area contributed by atoms with Crippen molar-refractivity contribution < 1.29 is 0 Å². The van der Waals surface area contributed by atoms with Crippen molar-refractivity contribution in [2.45, 2.75) is 0 Å². The monoisotopic (exact) mass is 228 g/mol. The summed E-state index contributed by atoms with van der Waals surface area (Å²) in [5.41, 5.74) is 2.54. The molecule has 0 fully saturated rings. The van der Waals surface area contributed by atoms with Gasteiger partial charge in [-0.2, -0.15) is 0 Å². The second-order valence-electron chi connectivity index (χ2n) is 3.38. The highest BCUT2D eigenvalue weighted by molar-refractivity contribution is 7.71. The van der Waals surface area contributed by atoms with Gasteiger partial charge in [0.25, 0.3) is 0 Å². The number of nitrogens with one attached hydrogen (secondary N) is 2. The fraction of sp³-hybridized carbons (Fsp3) is 0. The van der Waals surface area contributed by atoms with Crippen molar-refractivity contribution in [2.24, 2.45) is 0 Å². The Bertz CT molecular complexity index is 684. The van der Waals surface area contributed by atoms with E-state index in [2.05, 4.69) is 19.9 Å². The predicted molar refractivity (Wildman–Crippen MR) is 64.5 cm³/mol. The Balaban J connectivity index is 2.28. The lowest BCUT2D eigenvalue weighted by atomic mass is 10.2. The zero-order valence-corrected chi connectivity index (χ0v) is 9.08. The summed E-state index contributed by atoms with van der Waals surface area (Å²) in [4.78, 5) is 14.6. The zero-order valence-electron chi connectivity index (χ0n) is 8.27. The minimum Gasteiger partial charge on any atom is -0.334 e. The van der Waals surface area contributed by atoms with Gasteiger partial charge in [0.05, 0.1) is 6.33 Å². The first kappa shape index (κ1) is 9.23. The van der Waals surface area contributed by atoms with Gasteiger partial charge in [0.2, 0.25) is 0 Å².